The van der Waals surface area contributed by atoms with E-state index >= 15 is 0 Å². The summed E-state index contributed by atoms with van der Waals surface area (Å²) in [6.45, 7) is 5.70. The molecule has 1 aromatic heterocycles. The number of alkyl halides is 3. The average molecular weight is 291 g/mol. The molecule has 1 rings (SSSR count). The lowest BCUT2D eigenvalue weighted by Gasteiger charge is -2.08. The quantitative estimate of drug-likeness (QED) is 0.748. The Morgan fingerprint density at radius 3 is 2.55 bits per heavy atom. The maximum Gasteiger partial charge on any atom is 0.389 e. The van der Waals surface area contributed by atoms with Gasteiger partial charge in [-0.1, -0.05) is 13.8 Å². The molecular formula is C13H20F3N3O. The molecule has 0 fully saturated rings. The molecule has 0 aliphatic rings. The third-order valence-electron chi connectivity index (χ3n) is 2.41. The number of halogens is 3. The number of ether oxygens (including phenoxy) is 1. The molecule has 1 N–H and O–H groups in total. The number of hydrogen-bond acceptors (Lipinski definition) is 4. The van der Waals surface area contributed by atoms with Gasteiger partial charge in [0.1, 0.15) is 0 Å². The Kier molecular flexibility index (Phi) is 6.70. The molecule has 114 valence electrons. The van der Waals surface area contributed by atoms with E-state index in [2.05, 4.69) is 29.4 Å². The zero-order chi connectivity index (χ0) is 15.0. The van der Waals surface area contributed by atoms with Crippen LogP contribution in [0.4, 0.5) is 13.2 Å². The van der Waals surface area contributed by atoms with Crippen molar-refractivity contribution in [2.45, 2.75) is 39.4 Å². The highest BCUT2D eigenvalue weighted by Crippen LogP contribution is 2.21. The lowest BCUT2D eigenvalue weighted by molar-refractivity contribution is -0.136. The second-order valence-electron chi connectivity index (χ2n) is 4.95. The van der Waals surface area contributed by atoms with Crippen molar-refractivity contribution in [3.8, 4) is 5.88 Å². The molecule has 7 heteroatoms. The third-order valence-corrected chi connectivity index (χ3v) is 2.41. The van der Waals surface area contributed by atoms with Crippen LogP contribution in [0.2, 0.25) is 0 Å². The summed E-state index contributed by atoms with van der Waals surface area (Å²) in [5.74, 6) is 0.805. The summed E-state index contributed by atoms with van der Waals surface area (Å²) >= 11 is 0. The van der Waals surface area contributed by atoms with Gasteiger partial charge in [-0.15, -0.1) is 5.10 Å². The predicted octanol–water partition coefficient (Wildman–Crippen LogP) is 2.94. The molecule has 0 spiro atoms. The molecule has 4 nitrogen and oxygen atoms in total. The molecule has 20 heavy (non-hydrogen) atoms. The molecule has 1 heterocycles. The lowest BCUT2D eigenvalue weighted by Crippen LogP contribution is -2.19. The van der Waals surface area contributed by atoms with Gasteiger partial charge in [0, 0.05) is 19.0 Å². The number of hydrogen-bond donors (Lipinski definition) is 1. The Balaban J connectivity index is 2.25. The van der Waals surface area contributed by atoms with Crippen LogP contribution < -0.4 is 10.1 Å². The highest BCUT2D eigenvalue weighted by Gasteiger charge is 2.26. The summed E-state index contributed by atoms with van der Waals surface area (Å²) in [4.78, 5) is 0. The van der Waals surface area contributed by atoms with E-state index < -0.39 is 12.6 Å². The van der Waals surface area contributed by atoms with E-state index in [0.717, 1.165) is 12.2 Å². The summed E-state index contributed by atoms with van der Waals surface area (Å²) in [6.07, 6.45) is -5.07. The average Bonchev–Trinajstić information content (AvgIpc) is 2.35. The number of nitrogens with one attached hydrogen (secondary N) is 1. The van der Waals surface area contributed by atoms with E-state index in [1.54, 1.807) is 12.1 Å². The van der Waals surface area contributed by atoms with Gasteiger partial charge in [0.2, 0.25) is 5.88 Å². The van der Waals surface area contributed by atoms with Crippen molar-refractivity contribution in [1.82, 2.24) is 15.5 Å². The Hall–Kier alpha value is -1.37. The van der Waals surface area contributed by atoms with Crippen molar-refractivity contribution in [3.63, 3.8) is 0 Å². The Labute approximate surface area is 116 Å². The van der Waals surface area contributed by atoms with Gasteiger partial charge in [0.25, 0.3) is 0 Å². The standard InChI is InChI=1S/C13H20F3N3O/c1-10(2)8-17-9-11-4-5-12(19-18-11)20-7-3-6-13(14,15)16/h4-5,10,17H,3,6-9H2,1-2H3. The van der Waals surface area contributed by atoms with Gasteiger partial charge < -0.3 is 10.1 Å². The fourth-order valence-electron chi connectivity index (χ4n) is 1.46. The maximum atomic E-state index is 11.9. The first-order valence-corrected chi connectivity index (χ1v) is 6.59. The molecular weight excluding hydrogens is 271 g/mol. The topological polar surface area (TPSA) is 47.0 Å². The monoisotopic (exact) mass is 291 g/mol. The van der Waals surface area contributed by atoms with Crippen molar-refractivity contribution < 1.29 is 17.9 Å². The summed E-state index contributed by atoms with van der Waals surface area (Å²) in [5, 5.41) is 11.0. The molecule has 0 atom stereocenters. The minimum atomic E-state index is -4.14. The summed E-state index contributed by atoms with van der Waals surface area (Å²) in [7, 11) is 0. The van der Waals surface area contributed by atoms with E-state index in [1.807, 2.05) is 0 Å². The van der Waals surface area contributed by atoms with Gasteiger partial charge in [0.15, 0.2) is 0 Å². The van der Waals surface area contributed by atoms with Gasteiger partial charge >= 0.3 is 6.18 Å². The van der Waals surface area contributed by atoms with E-state index in [4.69, 9.17) is 4.74 Å². The molecule has 0 aromatic carbocycles. The summed E-state index contributed by atoms with van der Waals surface area (Å²) < 4.78 is 40.9. The van der Waals surface area contributed by atoms with Gasteiger partial charge in [-0.2, -0.15) is 18.3 Å². The molecule has 0 saturated carbocycles. The SMILES string of the molecule is CC(C)CNCc1ccc(OCCCC(F)(F)F)nn1. The van der Waals surface area contributed by atoms with Crippen LogP contribution in [0, 0.1) is 5.92 Å². The van der Waals surface area contributed by atoms with Crippen LogP contribution >= 0.6 is 0 Å². The lowest BCUT2D eigenvalue weighted by atomic mass is 10.2. The second-order valence-corrected chi connectivity index (χ2v) is 4.95. The first-order chi connectivity index (χ1) is 9.37. The molecule has 1 aromatic rings. The van der Waals surface area contributed by atoms with Crippen LogP contribution in [0.15, 0.2) is 12.1 Å². The predicted molar refractivity (Wildman–Crippen MR) is 69.4 cm³/mol. The second kappa shape index (κ2) is 8.04. The highest BCUT2D eigenvalue weighted by atomic mass is 19.4. The van der Waals surface area contributed by atoms with Gasteiger partial charge in [0.05, 0.1) is 12.3 Å². The Morgan fingerprint density at radius 2 is 2.00 bits per heavy atom. The van der Waals surface area contributed by atoms with E-state index in [-0.39, 0.29) is 18.9 Å². The molecule has 0 bridgehead atoms. The van der Waals surface area contributed by atoms with E-state index in [1.165, 1.54) is 0 Å². The largest absolute Gasteiger partial charge is 0.477 e. The zero-order valence-electron chi connectivity index (χ0n) is 11.7. The molecule has 0 saturated heterocycles. The molecule has 0 aliphatic carbocycles. The number of rotatable bonds is 8. The highest BCUT2D eigenvalue weighted by molar-refractivity contribution is 5.11. The van der Waals surface area contributed by atoms with E-state index in [0.29, 0.717) is 12.5 Å². The van der Waals surface area contributed by atoms with Crippen LogP contribution in [0.3, 0.4) is 0 Å². The summed E-state index contributed by atoms with van der Waals surface area (Å²) in [5.41, 5.74) is 0.772. The van der Waals surface area contributed by atoms with Crippen LogP contribution in [0.1, 0.15) is 32.4 Å². The third kappa shape index (κ3) is 7.93. The smallest absolute Gasteiger partial charge is 0.389 e. The number of aromatic nitrogens is 2. The first kappa shape index (κ1) is 16.7. The van der Waals surface area contributed by atoms with Crippen molar-refractivity contribution in [2.24, 2.45) is 5.92 Å². The van der Waals surface area contributed by atoms with Crippen LogP contribution in [0.5, 0.6) is 5.88 Å². The molecule has 0 aliphatic heterocycles. The van der Waals surface area contributed by atoms with Gasteiger partial charge in [-0.05, 0) is 24.9 Å². The minimum absolute atomic E-state index is 0.0147. The van der Waals surface area contributed by atoms with E-state index in [9.17, 15) is 13.2 Å². The van der Waals surface area contributed by atoms with Crippen LogP contribution in [0.25, 0.3) is 0 Å². The van der Waals surface area contributed by atoms with Crippen molar-refractivity contribution in [2.75, 3.05) is 13.2 Å². The van der Waals surface area contributed by atoms with Gasteiger partial charge in [-0.25, -0.2) is 0 Å². The minimum Gasteiger partial charge on any atom is -0.477 e. The molecule has 0 unspecified atom stereocenters. The zero-order valence-corrected chi connectivity index (χ0v) is 11.7. The fraction of sp³-hybridized carbons (Fsp3) is 0.692. The number of nitrogens with zero attached hydrogens (tertiary/aromatic N) is 2. The van der Waals surface area contributed by atoms with Crippen LogP contribution in [-0.4, -0.2) is 29.5 Å². The van der Waals surface area contributed by atoms with Gasteiger partial charge in [-0.3, -0.25) is 0 Å². The fourth-order valence-corrected chi connectivity index (χ4v) is 1.46. The maximum absolute atomic E-state index is 11.9. The first-order valence-electron chi connectivity index (χ1n) is 6.59. The van der Waals surface area contributed by atoms with Crippen LogP contribution in [-0.2, 0) is 6.54 Å². The van der Waals surface area contributed by atoms with Crippen molar-refractivity contribution in [1.29, 1.82) is 0 Å². The van der Waals surface area contributed by atoms with Crippen molar-refractivity contribution >= 4 is 0 Å². The Morgan fingerprint density at radius 1 is 1.25 bits per heavy atom. The summed E-state index contributed by atoms with van der Waals surface area (Å²) in [6, 6.07) is 3.37. The normalized spacial score (nSPS) is 11.9. The molecule has 0 radical (unpaired) electrons. The van der Waals surface area contributed by atoms with Crippen molar-refractivity contribution in [3.05, 3.63) is 17.8 Å². The Bertz CT molecular complexity index is 379. The molecule has 0 amide bonds.